The lowest BCUT2D eigenvalue weighted by Gasteiger charge is -2.19. The molecular weight excluding hydrogens is 336 g/mol. The van der Waals surface area contributed by atoms with Crippen LogP contribution >= 0.6 is 0 Å². The molecule has 0 aromatic heterocycles. The van der Waals surface area contributed by atoms with E-state index in [4.69, 9.17) is 4.74 Å². The average Bonchev–Trinajstić information content (AvgIpc) is 2.62. The minimum Gasteiger partial charge on any atom is -0.497 e. The zero-order chi connectivity index (χ0) is 19.8. The van der Waals surface area contributed by atoms with Crippen molar-refractivity contribution in [2.24, 2.45) is 5.92 Å². The Labute approximate surface area is 163 Å². The fourth-order valence-electron chi connectivity index (χ4n) is 3.13. The fraction of sp³-hybridized carbons (Fsp3) is 0.435. The topological polar surface area (TPSA) is 41.6 Å². The Morgan fingerprint density at radius 1 is 1.00 bits per heavy atom. The van der Waals surface area contributed by atoms with Gasteiger partial charge >= 0.3 is 0 Å². The lowest BCUT2D eigenvalue weighted by Crippen LogP contribution is -2.36. The van der Waals surface area contributed by atoms with Gasteiger partial charge in [-0.2, -0.15) is 0 Å². The van der Waals surface area contributed by atoms with E-state index in [1.54, 1.807) is 7.11 Å². The molecule has 1 unspecified atom stereocenters. The highest BCUT2D eigenvalue weighted by atomic mass is 16.5. The van der Waals surface area contributed by atoms with Crippen molar-refractivity contribution < 1.29 is 9.53 Å². The highest BCUT2D eigenvalue weighted by molar-refractivity contribution is 5.78. The van der Waals surface area contributed by atoms with Gasteiger partial charge in [-0.1, -0.05) is 50.2 Å². The van der Waals surface area contributed by atoms with Crippen molar-refractivity contribution in [2.75, 3.05) is 20.7 Å². The van der Waals surface area contributed by atoms with Gasteiger partial charge in [-0.05, 0) is 55.1 Å². The predicted octanol–water partition coefficient (Wildman–Crippen LogP) is 4.20. The molecule has 1 N–H and O–H groups in total. The summed E-state index contributed by atoms with van der Waals surface area (Å²) in [5.74, 6) is 1.52. The summed E-state index contributed by atoms with van der Waals surface area (Å²) < 4.78 is 5.17. The molecule has 4 nitrogen and oxygen atoms in total. The van der Waals surface area contributed by atoms with Crippen molar-refractivity contribution in [1.82, 2.24) is 10.2 Å². The first kappa shape index (κ1) is 21.0. The van der Waals surface area contributed by atoms with E-state index in [1.807, 2.05) is 43.1 Å². The molecule has 146 valence electrons. The smallest absolute Gasteiger partial charge is 0.234 e. The number of hydrogen-bond acceptors (Lipinski definition) is 3. The Morgan fingerprint density at radius 3 is 2.15 bits per heavy atom. The van der Waals surface area contributed by atoms with E-state index >= 15 is 0 Å². The molecule has 0 aliphatic carbocycles. The molecule has 2 rings (SSSR count). The minimum absolute atomic E-state index is 0.0000126. The Bertz CT molecular complexity index is 708. The number of nitrogens with one attached hydrogen (secondary N) is 1. The Kier molecular flexibility index (Phi) is 7.86. The summed E-state index contributed by atoms with van der Waals surface area (Å²) in [6.45, 7) is 7.55. The number of methoxy groups -OCH3 is 1. The molecule has 0 saturated carbocycles. The molecule has 1 amide bonds. The van der Waals surface area contributed by atoms with Gasteiger partial charge in [0.05, 0.1) is 19.7 Å². The summed E-state index contributed by atoms with van der Waals surface area (Å²) in [6, 6.07) is 16.5. The summed E-state index contributed by atoms with van der Waals surface area (Å²) in [7, 11) is 3.61. The van der Waals surface area contributed by atoms with Gasteiger partial charge in [-0.25, -0.2) is 0 Å². The van der Waals surface area contributed by atoms with Crippen LogP contribution in [-0.4, -0.2) is 31.5 Å². The number of benzene rings is 2. The number of likely N-dealkylation sites (N-methyl/N-ethyl adjacent to an activating group) is 1. The van der Waals surface area contributed by atoms with E-state index < -0.39 is 0 Å². The van der Waals surface area contributed by atoms with Crippen molar-refractivity contribution in [3.05, 3.63) is 65.2 Å². The summed E-state index contributed by atoms with van der Waals surface area (Å²) in [5.41, 5.74) is 3.63. The molecule has 27 heavy (non-hydrogen) atoms. The van der Waals surface area contributed by atoms with E-state index in [2.05, 4.69) is 43.4 Å². The van der Waals surface area contributed by atoms with Crippen molar-refractivity contribution >= 4 is 5.91 Å². The van der Waals surface area contributed by atoms with Crippen molar-refractivity contribution in [3.8, 4) is 5.75 Å². The van der Waals surface area contributed by atoms with E-state index in [1.165, 1.54) is 5.56 Å². The van der Waals surface area contributed by atoms with Crippen molar-refractivity contribution in [2.45, 2.75) is 39.8 Å². The minimum atomic E-state index is -0.0000126. The van der Waals surface area contributed by atoms with Gasteiger partial charge in [0.25, 0.3) is 0 Å². The molecule has 1 atom stereocenters. The van der Waals surface area contributed by atoms with E-state index in [-0.39, 0.29) is 11.9 Å². The molecule has 2 aromatic carbocycles. The first-order valence-corrected chi connectivity index (χ1v) is 9.57. The van der Waals surface area contributed by atoms with Crippen molar-refractivity contribution in [3.63, 3.8) is 0 Å². The number of carbonyl (C=O) groups excluding carboxylic acids is 1. The Balaban J connectivity index is 1.82. The second-order valence-electron chi connectivity index (χ2n) is 7.65. The maximum Gasteiger partial charge on any atom is 0.234 e. The number of ether oxygens (including phenoxy) is 1. The standard InChI is InChI=1S/C23H32N2O2/c1-17(2)14-19-6-10-21(11-7-19)18(3)24-23(26)16-25(4)15-20-8-12-22(27-5)13-9-20/h6-13,17-18H,14-16H2,1-5H3,(H,24,26). The summed E-state index contributed by atoms with van der Waals surface area (Å²) in [5, 5.41) is 3.09. The number of hydrogen-bond donors (Lipinski definition) is 1. The van der Waals surface area contributed by atoms with E-state index in [0.717, 1.165) is 29.8 Å². The van der Waals surface area contributed by atoms with Gasteiger partial charge in [0, 0.05) is 6.54 Å². The molecule has 2 aromatic rings. The van der Waals surface area contributed by atoms with Gasteiger partial charge in [-0.3, -0.25) is 9.69 Å². The quantitative estimate of drug-likeness (QED) is 0.721. The van der Waals surface area contributed by atoms with Gasteiger partial charge in [0.15, 0.2) is 0 Å². The van der Waals surface area contributed by atoms with Gasteiger partial charge in [-0.15, -0.1) is 0 Å². The SMILES string of the molecule is COc1ccc(CN(C)CC(=O)NC(C)c2ccc(CC(C)C)cc2)cc1. The van der Waals surface area contributed by atoms with Gasteiger partial charge < -0.3 is 10.1 Å². The van der Waals surface area contributed by atoms with Crippen LogP contribution < -0.4 is 10.1 Å². The van der Waals surface area contributed by atoms with Gasteiger partial charge in [0.2, 0.25) is 5.91 Å². The highest BCUT2D eigenvalue weighted by Gasteiger charge is 2.12. The highest BCUT2D eigenvalue weighted by Crippen LogP contribution is 2.16. The summed E-state index contributed by atoms with van der Waals surface area (Å²) >= 11 is 0. The molecule has 0 fully saturated rings. The zero-order valence-corrected chi connectivity index (χ0v) is 17.2. The fourth-order valence-corrected chi connectivity index (χ4v) is 3.13. The van der Waals surface area contributed by atoms with Crippen LogP contribution in [0.4, 0.5) is 0 Å². The van der Waals surface area contributed by atoms with Crippen LogP contribution in [0, 0.1) is 5.92 Å². The van der Waals surface area contributed by atoms with E-state index in [9.17, 15) is 4.79 Å². The third kappa shape index (κ3) is 7.06. The maximum atomic E-state index is 12.4. The Hall–Kier alpha value is -2.33. The van der Waals surface area contributed by atoms with Crippen LogP contribution in [0.5, 0.6) is 5.75 Å². The molecule has 0 heterocycles. The normalized spacial score (nSPS) is 12.3. The number of nitrogens with zero attached hydrogens (tertiary/aromatic N) is 1. The molecule has 0 bridgehead atoms. The third-order valence-corrected chi connectivity index (χ3v) is 4.53. The zero-order valence-electron chi connectivity index (χ0n) is 17.2. The number of carbonyl (C=O) groups is 1. The molecule has 0 spiro atoms. The second-order valence-corrected chi connectivity index (χ2v) is 7.65. The molecular formula is C23H32N2O2. The molecule has 0 radical (unpaired) electrons. The van der Waals surface area contributed by atoms with Crippen molar-refractivity contribution in [1.29, 1.82) is 0 Å². The van der Waals surface area contributed by atoms with Crippen LogP contribution in [-0.2, 0) is 17.8 Å². The average molecular weight is 369 g/mol. The predicted molar refractivity (Wildman–Crippen MR) is 111 cm³/mol. The van der Waals surface area contributed by atoms with Crippen LogP contribution in [0.3, 0.4) is 0 Å². The number of rotatable bonds is 9. The first-order chi connectivity index (χ1) is 12.9. The second kappa shape index (κ2) is 10.1. The lowest BCUT2D eigenvalue weighted by atomic mass is 10.00. The maximum absolute atomic E-state index is 12.4. The van der Waals surface area contributed by atoms with Gasteiger partial charge in [0.1, 0.15) is 5.75 Å². The van der Waals surface area contributed by atoms with Crippen LogP contribution in [0.2, 0.25) is 0 Å². The Morgan fingerprint density at radius 2 is 1.59 bits per heavy atom. The summed E-state index contributed by atoms with van der Waals surface area (Å²) in [4.78, 5) is 14.4. The van der Waals surface area contributed by atoms with Crippen LogP contribution in [0.15, 0.2) is 48.5 Å². The molecule has 0 saturated heterocycles. The monoisotopic (exact) mass is 368 g/mol. The largest absolute Gasteiger partial charge is 0.497 e. The lowest BCUT2D eigenvalue weighted by molar-refractivity contribution is -0.122. The number of amides is 1. The molecule has 0 aliphatic rings. The van der Waals surface area contributed by atoms with E-state index in [0.29, 0.717) is 12.5 Å². The molecule has 4 heteroatoms. The van der Waals surface area contributed by atoms with Crippen LogP contribution in [0.25, 0.3) is 0 Å². The summed E-state index contributed by atoms with van der Waals surface area (Å²) in [6.07, 6.45) is 1.08. The first-order valence-electron chi connectivity index (χ1n) is 9.57. The third-order valence-electron chi connectivity index (χ3n) is 4.53. The van der Waals surface area contributed by atoms with Crippen LogP contribution in [0.1, 0.15) is 43.5 Å². The molecule has 0 aliphatic heterocycles.